The molecule has 0 aliphatic carbocycles. The zero-order valence-electron chi connectivity index (χ0n) is 17.9. The van der Waals surface area contributed by atoms with E-state index in [0.29, 0.717) is 11.3 Å². The molecule has 6 heteroatoms. The lowest BCUT2D eigenvalue weighted by Crippen LogP contribution is -2.45. The van der Waals surface area contributed by atoms with Crippen molar-refractivity contribution in [2.24, 2.45) is 5.92 Å². The number of rotatable bonds is 4. The first-order valence-electron chi connectivity index (χ1n) is 10.7. The number of benzene rings is 3. The van der Waals surface area contributed by atoms with Gasteiger partial charge in [0.1, 0.15) is 5.92 Å². The van der Waals surface area contributed by atoms with Crippen molar-refractivity contribution in [2.75, 3.05) is 17.0 Å². The van der Waals surface area contributed by atoms with Gasteiger partial charge in [0, 0.05) is 11.3 Å². The number of fused-ring (bicyclic) bond motifs is 2. The van der Waals surface area contributed by atoms with E-state index in [-0.39, 0.29) is 12.5 Å². The van der Waals surface area contributed by atoms with Crippen molar-refractivity contribution in [3.63, 3.8) is 0 Å². The van der Waals surface area contributed by atoms with E-state index < -0.39 is 23.5 Å². The van der Waals surface area contributed by atoms with Gasteiger partial charge in [0.15, 0.2) is 0 Å². The molecule has 1 saturated heterocycles. The molecule has 3 aromatic carbocycles. The number of carbonyl (C=O) groups is 2. The van der Waals surface area contributed by atoms with Crippen LogP contribution in [0.1, 0.15) is 29.7 Å². The Morgan fingerprint density at radius 3 is 2.56 bits per heavy atom. The Labute approximate surface area is 186 Å². The maximum Gasteiger partial charge on any atom is 0.315 e. The van der Waals surface area contributed by atoms with E-state index in [1.165, 1.54) is 0 Å². The van der Waals surface area contributed by atoms with Crippen LogP contribution in [0.2, 0.25) is 0 Å². The predicted molar refractivity (Wildman–Crippen MR) is 121 cm³/mol. The van der Waals surface area contributed by atoms with Gasteiger partial charge in [-0.05, 0) is 37.6 Å². The number of ether oxygens (including phenoxy) is 1. The van der Waals surface area contributed by atoms with Gasteiger partial charge >= 0.3 is 5.97 Å². The second kappa shape index (κ2) is 7.80. The number of carbonyl (C=O) groups excluding carboxylic acids is 2. The highest BCUT2D eigenvalue weighted by Gasteiger charge is 2.67. The molecule has 1 amide bonds. The number of aryl methyl sites for hydroxylation is 1. The van der Waals surface area contributed by atoms with Gasteiger partial charge in [-0.15, -0.1) is 0 Å². The number of hydrogen-bond acceptors (Lipinski definition) is 5. The Kier molecular flexibility index (Phi) is 4.94. The summed E-state index contributed by atoms with van der Waals surface area (Å²) in [7, 11) is 0. The van der Waals surface area contributed by atoms with Crippen LogP contribution < -0.4 is 10.4 Å². The SMILES string of the molecule is CCOC(=O)[C@H]1[C@H](c2cccc(C)c2)N(c2ccccc2)OC12C(=O)Nc1ccccc12. The highest BCUT2D eigenvalue weighted by molar-refractivity contribution is 6.08. The Balaban J connectivity index is 1.77. The van der Waals surface area contributed by atoms with Gasteiger partial charge in [-0.2, -0.15) is 0 Å². The average molecular weight is 428 g/mol. The topological polar surface area (TPSA) is 67.9 Å². The molecule has 5 rings (SSSR count). The second-order valence-electron chi connectivity index (χ2n) is 8.08. The molecule has 1 spiro atoms. The summed E-state index contributed by atoms with van der Waals surface area (Å²) in [5.41, 5.74) is 2.43. The van der Waals surface area contributed by atoms with Crippen molar-refractivity contribution in [1.82, 2.24) is 0 Å². The minimum atomic E-state index is -1.53. The van der Waals surface area contributed by atoms with Gasteiger partial charge in [0.05, 0.1) is 18.3 Å². The average Bonchev–Trinajstić information content (AvgIpc) is 3.31. The van der Waals surface area contributed by atoms with E-state index in [1.807, 2.05) is 85.8 Å². The molecule has 0 saturated carbocycles. The van der Waals surface area contributed by atoms with Crippen molar-refractivity contribution in [2.45, 2.75) is 25.5 Å². The second-order valence-corrected chi connectivity index (χ2v) is 8.08. The molecule has 6 nitrogen and oxygen atoms in total. The summed E-state index contributed by atoms with van der Waals surface area (Å²) < 4.78 is 5.52. The van der Waals surface area contributed by atoms with Gasteiger partial charge in [0.2, 0.25) is 5.60 Å². The molecule has 0 radical (unpaired) electrons. The number of amides is 1. The molecule has 2 aliphatic heterocycles. The van der Waals surface area contributed by atoms with Crippen LogP contribution in [0.15, 0.2) is 78.9 Å². The van der Waals surface area contributed by atoms with E-state index in [0.717, 1.165) is 16.8 Å². The molecular weight excluding hydrogens is 404 g/mol. The third-order valence-corrected chi connectivity index (χ3v) is 6.10. The maximum absolute atomic E-state index is 13.5. The Hall–Kier alpha value is -3.64. The first-order chi connectivity index (χ1) is 15.6. The van der Waals surface area contributed by atoms with Crippen LogP contribution in [0.5, 0.6) is 0 Å². The minimum Gasteiger partial charge on any atom is -0.466 e. The van der Waals surface area contributed by atoms with Crippen molar-refractivity contribution < 1.29 is 19.2 Å². The number of nitrogens with zero attached hydrogens (tertiary/aromatic N) is 1. The first kappa shape index (κ1) is 20.3. The molecule has 0 bridgehead atoms. The Bertz CT molecular complexity index is 1180. The molecular formula is C26H24N2O4. The smallest absolute Gasteiger partial charge is 0.315 e. The number of nitrogens with one attached hydrogen (secondary N) is 1. The van der Waals surface area contributed by atoms with Gasteiger partial charge in [0.25, 0.3) is 5.91 Å². The number of esters is 1. The fourth-order valence-corrected chi connectivity index (χ4v) is 4.78. The summed E-state index contributed by atoms with van der Waals surface area (Å²) in [6.07, 6.45) is 0. The molecule has 32 heavy (non-hydrogen) atoms. The third kappa shape index (κ3) is 2.99. The Morgan fingerprint density at radius 1 is 1.06 bits per heavy atom. The molecule has 1 unspecified atom stereocenters. The third-order valence-electron chi connectivity index (χ3n) is 6.10. The minimum absolute atomic E-state index is 0.209. The molecule has 2 aliphatic rings. The number of para-hydroxylation sites is 2. The van der Waals surface area contributed by atoms with E-state index in [1.54, 1.807) is 12.0 Å². The summed E-state index contributed by atoms with van der Waals surface area (Å²) in [6, 6.07) is 24.2. The van der Waals surface area contributed by atoms with E-state index in [4.69, 9.17) is 9.57 Å². The van der Waals surface area contributed by atoms with Crippen LogP contribution in [0.3, 0.4) is 0 Å². The lowest BCUT2D eigenvalue weighted by atomic mass is 9.76. The van der Waals surface area contributed by atoms with Crippen molar-refractivity contribution >= 4 is 23.3 Å². The van der Waals surface area contributed by atoms with Gasteiger partial charge in [-0.1, -0.05) is 66.2 Å². The monoisotopic (exact) mass is 428 g/mol. The largest absolute Gasteiger partial charge is 0.466 e. The number of hydroxylamine groups is 1. The van der Waals surface area contributed by atoms with E-state index in [9.17, 15) is 9.59 Å². The van der Waals surface area contributed by atoms with Crippen LogP contribution >= 0.6 is 0 Å². The summed E-state index contributed by atoms with van der Waals surface area (Å²) in [6.45, 7) is 3.97. The van der Waals surface area contributed by atoms with Crippen molar-refractivity contribution in [3.05, 3.63) is 95.6 Å². The highest BCUT2D eigenvalue weighted by Crippen LogP contribution is 2.57. The summed E-state index contributed by atoms with van der Waals surface area (Å²) in [5.74, 6) is -1.75. The van der Waals surface area contributed by atoms with Gasteiger partial charge < -0.3 is 10.1 Å². The molecule has 3 aromatic rings. The zero-order valence-corrected chi connectivity index (χ0v) is 17.9. The number of anilines is 2. The van der Waals surface area contributed by atoms with Gasteiger partial charge in [-0.25, -0.2) is 5.06 Å². The molecule has 3 atom stereocenters. The lowest BCUT2D eigenvalue weighted by Gasteiger charge is -2.27. The van der Waals surface area contributed by atoms with Gasteiger partial charge in [-0.3, -0.25) is 14.4 Å². The maximum atomic E-state index is 13.5. The standard InChI is InChI=1S/C26H24N2O4/c1-3-31-24(29)22-23(18-11-9-10-17(2)16-18)28(19-12-5-4-6-13-19)32-26(22)20-14-7-8-15-21(20)27-25(26)30/h4-16,22-23H,3H2,1-2H3,(H,27,30)/t22-,23+,26?/m1/s1. The van der Waals surface area contributed by atoms with Crippen LogP contribution in [0.4, 0.5) is 11.4 Å². The summed E-state index contributed by atoms with van der Waals surface area (Å²) >= 11 is 0. The molecule has 1 fully saturated rings. The highest BCUT2D eigenvalue weighted by atomic mass is 16.7. The van der Waals surface area contributed by atoms with Crippen molar-refractivity contribution in [1.29, 1.82) is 0 Å². The van der Waals surface area contributed by atoms with Crippen LogP contribution in [0.25, 0.3) is 0 Å². The summed E-state index contributed by atoms with van der Waals surface area (Å²) in [5, 5.41) is 4.61. The van der Waals surface area contributed by atoms with Crippen LogP contribution in [-0.2, 0) is 24.8 Å². The quantitative estimate of drug-likeness (QED) is 0.619. The molecule has 0 aromatic heterocycles. The van der Waals surface area contributed by atoms with Crippen LogP contribution in [-0.4, -0.2) is 18.5 Å². The van der Waals surface area contributed by atoms with Crippen molar-refractivity contribution in [3.8, 4) is 0 Å². The van der Waals surface area contributed by atoms with E-state index >= 15 is 0 Å². The van der Waals surface area contributed by atoms with Crippen LogP contribution in [0, 0.1) is 12.8 Å². The lowest BCUT2D eigenvalue weighted by molar-refractivity contribution is -0.161. The fraction of sp³-hybridized carbons (Fsp3) is 0.231. The normalized spacial score (nSPS) is 23.8. The molecule has 1 N–H and O–H groups in total. The predicted octanol–water partition coefficient (Wildman–Crippen LogP) is 4.51. The fourth-order valence-electron chi connectivity index (χ4n) is 4.78. The number of hydrogen-bond donors (Lipinski definition) is 1. The summed E-state index contributed by atoms with van der Waals surface area (Å²) in [4.78, 5) is 33.6. The first-order valence-corrected chi connectivity index (χ1v) is 10.7. The zero-order chi connectivity index (χ0) is 22.3. The van der Waals surface area contributed by atoms with E-state index in [2.05, 4.69) is 5.32 Å². The molecule has 162 valence electrons. The Morgan fingerprint density at radius 2 is 1.81 bits per heavy atom. The molecule has 2 heterocycles.